The van der Waals surface area contributed by atoms with E-state index in [-0.39, 0.29) is 11.8 Å². The molecule has 1 unspecified atom stereocenters. The minimum absolute atomic E-state index is 0.0154. The number of nitrogens with zero attached hydrogens (tertiary/aromatic N) is 2. The van der Waals surface area contributed by atoms with E-state index in [0.29, 0.717) is 5.95 Å². The molecule has 0 aliphatic rings. The summed E-state index contributed by atoms with van der Waals surface area (Å²) in [4.78, 5) is 19.8. The molecule has 88 valence electrons. The third-order valence-electron chi connectivity index (χ3n) is 2.34. The van der Waals surface area contributed by atoms with Gasteiger partial charge in [-0.15, -0.1) is 0 Å². The summed E-state index contributed by atoms with van der Waals surface area (Å²) in [7, 11) is 0. The van der Waals surface area contributed by atoms with Gasteiger partial charge in [-0.3, -0.25) is 15.6 Å². The van der Waals surface area contributed by atoms with Crippen molar-refractivity contribution in [1.29, 1.82) is 0 Å². The van der Waals surface area contributed by atoms with Gasteiger partial charge in [0, 0.05) is 17.3 Å². The van der Waals surface area contributed by atoms with Crippen LogP contribution in [0.5, 0.6) is 0 Å². The topological polar surface area (TPSA) is 66.9 Å². The minimum Gasteiger partial charge on any atom is -0.273 e. The Hall–Kier alpha value is -1.65. The van der Waals surface area contributed by atoms with E-state index in [1.165, 1.54) is 0 Å². The number of aryl methyl sites for hydroxylation is 2. The van der Waals surface area contributed by atoms with Gasteiger partial charge in [-0.05, 0) is 26.3 Å². The Balaban J connectivity index is 2.58. The first-order valence-corrected chi connectivity index (χ1v) is 5.41. The van der Waals surface area contributed by atoms with Crippen molar-refractivity contribution in [2.45, 2.75) is 34.1 Å². The fourth-order valence-corrected chi connectivity index (χ4v) is 1.21. The molecule has 1 rings (SSSR count). The molecule has 0 saturated carbocycles. The van der Waals surface area contributed by atoms with Crippen LogP contribution in [0.25, 0.3) is 0 Å². The van der Waals surface area contributed by atoms with Crippen LogP contribution >= 0.6 is 0 Å². The molecule has 0 spiro atoms. The Kier molecular flexibility index (Phi) is 4.22. The normalized spacial score (nSPS) is 12.0. The zero-order chi connectivity index (χ0) is 12.1. The van der Waals surface area contributed by atoms with Crippen molar-refractivity contribution in [3.63, 3.8) is 0 Å². The van der Waals surface area contributed by atoms with Gasteiger partial charge in [-0.2, -0.15) is 0 Å². The number of carbonyl (C=O) groups is 1. The van der Waals surface area contributed by atoms with Gasteiger partial charge < -0.3 is 0 Å². The summed E-state index contributed by atoms with van der Waals surface area (Å²) >= 11 is 0. The second kappa shape index (κ2) is 5.44. The van der Waals surface area contributed by atoms with E-state index in [0.717, 1.165) is 17.8 Å². The smallest absolute Gasteiger partial charge is 0.242 e. The Bertz CT molecular complexity index is 358. The number of aromatic nitrogens is 2. The molecular formula is C11H18N4O. The van der Waals surface area contributed by atoms with Gasteiger partial charge in [0.15, 0.2) is 0 Å². The summed E-state index contributed by atoms with van der Waals surface area (Å²) in [5.74, 6) is 0.359. The second-order valence-electron chi connectivity index (χ2n) is 3.90. The van der Waals surface area contributed by atoms with Crippen molar-refractivity contribution in [2.24, 2.45) is 5.92 Å². The van der Waals surface area contributed by atoms with Crippen LogP contribution in [-0.4, -0.2) is 15.9 Å². The average Bonchev–Trinajstić information content (AvgIpc) is 2.23. The number of amides is 1. The number of nitrogens with one attached hydrogen (secondary N) is 2. The number of hydrogen-bond donors (Lipinski definition) is 2. The van der Waals surface area contributed by atoms with E-state index >= 15 is 0 Å². The van der Waals surface area contributed by atoms with E-state index in [9.17, 15) is 4.79 Å². The lowest BCUT2D eigenvalue weighted by Crippen LogP contribution is -2.34. The maximum Gasteiger partial charge on any atom is 0.242 e. The van der Waals surface area contributed by atoms with E-state index in [1.807, 2.05) is 33.8 Å². The SMILES string of the molecule is CCC(C)C(=O)NNc1nc(C)cc(C)n1. The van der Waals surface area contributed by atoms with E-state index < -0.39 is 0 Å². The Morgan fingerprint density at radius 1 is 1.38 bits per heavy atom. The van der Waals surface area contributed by atoms with Crippen LogP contribution in [0.3, 0.4) is 0 Å². The highest BCUT2D eigenvalue weighted by atomic mass is 16.2. The first-order valence-electron chi connectivity index (χ1n) is 5.41. The number of carbonyl (C=O) groups excluding carboxylic acids is 1. The highest BCUT2D eigenvalue weighted by Crippen LogP contribution is 2.03. The molecule has 2 N–H and O–H groups in total. The van der Waals surface area contributed by atoms with Gasteiger partial charge >= 0.3 is 0 Å². The Morgan fingerprint density at radius 3 is 2.44 bits per heavy atom. The number of anilines is 1. The third-order valence-corrected chi connectivity index (χ3v) is 2.34. The maximum atomic E-state index is 11.5. The second-order valence-corrected chi connectivity index (χ2v) is 3.90. The van der Waals surface area contributed by atoms with Crippen molar-refractivity contribution in [1.82, 2.24) is 15.4 Å². The molecule has 0 fully saturated rings. The van der Waals surface area contributed by atoms with E-state index in [4.69, 9.17) is 0 Å². The molecule has 0 aliphatic carbocycles. The summed E-state index contributed by atoms with van der Waals surface area (Å²) in [5.41, 5.74) is 7.05. The summed E-state index contributed by atoms with van der Waals surface area (Å²) in [6.07, 6.45) is 0.807. The number of hydrogen-bond acceptors (Lipinski definition) is 4. The van der Waals surface area contributed by atoms with E-state index in [1.54, 1.807) is 0 Å². The fourth-order valence-electron chi connectivity index (χ4n) is 1.21. The quantitative estimate of drug-likeness (QED) is 0.759. The maximum absolute atomic E-state index is 11.5. The molecule has 0 aliphatic heterocycles. The van der Waals surface area contributed by atoms with Crippen LogP contribution in [-0.2, 0) is 4.79 Å². The van der Waals surface area contributed by atoms with Crippen molar-refractivity contribution in [3.05, 3.63) is 17.5 Å². The molecule has 5 heteroatoms. The highest BCUT2D eigenvalue weighted by Gasteiger charge is 2.09. The molecule has 0 bridgehead atoms. The first kappa shape index (κ1) is 12.4. The predicted octanol–water partition coefficient (Wildman–Crippen LogP) is 1.58. The Morgan fingerprint density at radius 2 is 1.94 bits per heavy atom. The lowest BCUT2D eigenvalue weighted by molar-refractivity contribution is -0.124. The standard InChI is InChI=1S/C11H18N4O/c1-5-7(2)10(16)14-15-11-12-8(3)6-9(4)13-11/h6-7H,5H2,1-4H3,(H,14,16)(H,12,13,15). The van der Waals surface area contributed by atoms with Crippen molar-refractivity contribution >= 4 is 11.9 Å². The van der Waals surface area contributed by atoms with Crippen molar-refractivity contribution in [3.8, 4) is 0 Å². The van der Waals surface area contributed by atoms with Gasteiger partial charge in [0.1, 0.15) is 0 Å². The van der Waals surface area contributed by atoms with Gasteiger partial charge in [0.05, 0.1) is 0 Å². The highest BCUT2D eigenvalue weighted by molar-refractivity contribution is 5.79. The molecule has 5 nitrogen and oxygen atoms in total. The zero-order valence-electron chi connectivity index (χ0n) is 10.2. The van der Waals surface area contributed by atoms with Crippen LogP contribution in [0, 0.1) is 19.8 Å². The Labute approximate surface area is 95.7 Å². The van der Waals surface area contributed by atoms with Crippen LogP contribution in [0.2, 0.25) is 0 Å². The summed E-state index contributed by atoms with van der Waals surface area (Å²) in [6.45, 7) is 7.61. The molecule has 0 radical (unpaired) electrons. The van der Waals surface area contributed by atoms with Crippen molar-refractivity contribution < 1.29 is 4.79 Å². The van der Waals surface area contributed by atoms with Crippen LogP contribution < -0.4 is 10.9 Å². The molecular weight excluding hydrogens is 204 g/mol. The van der Waals surface area contributed by atoms with Crippen LogP contribution in [0.15, 0.2) is 6.07 Å². The molecule has 16 heavy (non-hydrogen) atoms. The third kappa shape index (κ3) is 3.49. The predicted molar refractivity (Wildman–Crippen MR) is 62.7 cm³/mol. The van der Waals surface area contributed by atoms with Crippen LogP contribution in [0.4, 0.5) is 5.95 Å². The fraction of sp³-hybridized carbons (Fsp3) is 0.545. The zero-order valence-corrected chi connectivity index (χ0v) is 10.2. The van der Waals surface area contributed by atoms with Gasteiger partial charge in [0.2, 0.25) is 11.9 Å². The van der Waals surface area contributed by atoms with Gasteiger partial charge in [0.25, 0.3) is 0 Å². The van der Waals surface area contributed by atoms with Gasteiger partial charge in [-0.25, -0.2) is 9.97 Å². The summed E-state index contributed by atoms with van der Waals surface area (Å²) in [6, 6.07) is 1.88. The monoisotopic (exact) mass is 222 g/mol. The largest absolute Gasteiger partial charge is 0.273 e. The number of hydrazine groups is 1. The summed E-state index contributed by atoms with van der Waals surface area (Å²) < 4.78 is 0. The lowest BCUT2D eigenvalue weighted by atomic mass is 10.1. The minimum atomic E-state index is -0.0507. The van der Waals surface area contributed by atoms with E-state index in [2.05, 4.69) is 20.8 Å². The number of rotatable bonds is 4. The molecule has 1 amide bonds. The molecule has 1 aromatic heterocycles. The van der Waals surface area contributed by atoms with Crippen molar-refractivity contribution in [2.75, 3.05) is 5.43 Å². The lowest BCUT2D eigenvalue weighted by Gasteiger charge is -2.11. The molecule has 1 heterocycles. The average molecular weight is 222 g/mol. The van der Waals surface area contributed by atoms with Crippen LogP contribution in [0.1, 0.15) is 31.7 Å². The molecule has 0 aromatic carbocycles. The van der Waals surface area contributed by atoms with Gasteiger partial charge in [-0.1, -0.05) is 13.8 Å². The molecule has 1 aromatic rings. The molecule has 0 saturated heterocycles. The first-order chi connectivity index (χ1) is 7.52. The summed E-state index contributed by atoms with van der Waals surface area (Å²) in [5, 5.41) is 0. The molecule has 1 atom stereocenters.